The lowest BCUT2D eigenvalue weighted by atomic mass is 10.1. The normalized spacial score (nSPS) is 23.3. The number of sulfonamides is 1. The molecular formula is C16H20N2O6S. The summed E-state index contributed by atoms with van der Waals surface area (Å²) in [6.07, 6.45) is 1.19. The maximum atomic E-state index is 12.1. The summed E-state index contributed by atoms with van der Waals surface area (Å²) in [4.78, 5) is 24.4. The van der Waals surface area contributed by atoms with Crippen LogP contribution in [0.2, 0.25) is 0 Å². The maximum absolute atomic E-state index is 12.1. The van der Waals surface area contributed by atoms with Gasteiger partial charge >= 0.3 is 5.97 Å². The van der Waals surface area contributed by atoms with E-state index in [1.165, 1.54) is 9.21 Å². The monoisotopic (exact) mass is 368 g/mol. The SMILES string of the molecule is CS(=O)(=O)N1CC(CCN2CC(C(=O)O)CC2=O)Oc2ccccc21. The Balaban J connectivity index is 1.69. The molecule has 0 radical (unpaired) electrons. The zero-order valence-corrected chi connectivity index (χ0v) is 14.6. The van der Waals surface area contributed by atoms with Gasteiger partial charge in [0.2, 0.25) is 15.9 Å². The zero-order chi connectivity index (χ0) is 18.2. The van der Waals surface area contributed by atoms with Crippen LogP contribution in [0.4, 0.5) is 5.69 Å². The van der Waals surface area contributed by atoms with Gasteiger partial charge in [0, 0.05) is 25.9 Å². The Hall–Kier alpha value is -2.29. The number of likely N-dealkylation sites (tertiary alicyclic amines) is 1. The number of carboxylic acid groups (broad SMARTS) is 1. The van der Waals surface area contributed by atoms with Crippen LogP contribution in [0.15, 0.2) is 24.3 Å². The number of para-hydroxylation sites is 2. The number of hydrogen-bond donors (Lipinski definition) is 1. The number of rotatable bonds is 5. The lowest BCUT2D eigenvalue weighted by Crippen LogP contribution is -2.44. The van der Waals surface area contributed by atoms with Gasteiger partial charge in [0.1, 0.15) is 11.9 Å². The molecule has 2 aliphatic rings. The molecule has 9 heteroatoms. The number of hydrogen-bond acceptors (Lipinski definition) is 5. The first-order chi connectivity index (χ1) is 11.8. The summed E-state index contributed by atoms with van der Waals surface area (Å²) in [6, 6.07) is 6.91. The third kappa shape index (κ3) is 3.71. The number of carbonyl (C=O) groups is 2. The fraction of sp³-hybridized carbons (Fsp3) is 0.500. The van der Waals surface area contributed by atoms with Crippen LogP contribution in [0.5, 0.6) is 5.75 Å². The first kappa shape index (κ1) is 17.5. The predicted octanol–water partition coefficient (Wildman–Crippen LogP) is 0.537. The van der Waals surface area contributed by atoms with Gasteiger partial charge < -0.3 is 14.7 Å². The van der Waals surface area contributed by atoms with E-state index in [1.54, 1.807) is 24.3 Å². The highest BCUT2D eigenvalue weighted by molar-refractivity contribution is 7.92. The fourth-order valence-corrected chi connectivity index (χ4v) is 4.13. The number of aliphatic carboxylic acids is 1. The Morgan fingerprint density at radius 2 is 2.04 bits per heavy atom. The second kappa shape index (κ2) is 6.55. The van der Waals surface area contributed by atoms with Crippen LogP contribution in [-0.2, 0) is 19.6 Å². The summed E-state index contributed by atoms with van der Waals surface area (Å²) in [7, 11) is -3.45. The van der Waals surface area contributed by atoms with Gasteiger partial charge in [-0.2, -0.15) is 0 Å². The van der Waals surface area contributed by atoms with Gasteiger partial charge in [0.05, 0.1) is 24.4 Å². The van der Waals surface area contributed by atoms with E-state index in [0.717, 1.165) is 6.26 Å². The number of carboxylic acids is 1. The van der Waals surface area contributed by atoms with Crippen molar-refractivity contribution in [3.05, 3.63) is 24.3 Å². The van der Waals surface area contributed by atoms with Crippen molar-refractivity contribution in [3.63, 3.8) is 0 Å². The van der Waals surface area contributed by atoms with E-state index in [-0.39, 0.29) is 25.4 Å². The molecule has 25 heavy (non-hydrogen) atoms. The smallest absolute Gasteiger partial charge is 0.308 e. The highest BCUT2D eigenvalue weighted by Gasteiger charge is 2.36. The van der Waals surface area contributed by atoms with Crippen molar-refractivity contribution in [2.24, 2.45) is 5.92 Å². The van der Waals surface area contributed by atoms with Crippen molar-refractivity contribution in [2.45, 2.75) is 18.9 Å². The van der Waals surface area contributed by atoms with E-state index in [1.807, 2.05) is 0 Å². The topological polar surface area (TPSA) is 104 Å². The average Bonchev–Trinajstić information content (AvgIpc) is 2.92. The van der Waals surface area contributed by atoms with Gasteiger partial charge in [-0.1, -0.05) is 12.1 Å². The molecule has 0 aliphatic carbocycles. The lowest BCUT2D eigenvalue weighted by molar-refractivity contribution is -0.141. The van der Waals surface area contributed by atoms with Crippen molar-refractivity contribution in [3.8, 4) is 5.75 Å². The summed E-state index contributed by atoms with van der Waals surface area (Å²) in [5, 5.41) is 9.02. The minimum atomic E-state index is -3.45. The first-order valence-electron chi connectivity index (χ1n) is 7.99. The summed E-state index contributed by atoms with van der Waals surface area (Å²) in [5.41, 5.74) is 0.504. The minimum Gasteiger partial charge on any atom is -0.486 e. The van der Waals surface area contributed by atoms with Crippen LogP contribution >= 0.6 is 0 Å². The summed E-state index contributed by atoms with van der Waals surface area (Å²) in [6.45, 7) is 0.695. The lowest BCUT2D eigenvalue weighted by Gasteiger charge is -2.35. The molecule has 1 aromatic carbocycles. The second-order valence-electron chi connectivity index (χ2n) is 6.37. The molecule has 8 nitrogen and oxygen atoms in total. The van der Waals surface area contributed by atoms with Crippen LogP contribution in [0.25, 0.3) is 0 Å². The highest BCUT2D eigenvalue weighted by Crippen LogP contribution is 2.35. The van der Waals surface area contributed by atoms with E-state index < -0.39 is 28.0 Å². The van der Waals surface area contributed by atoms with Crippen molar-refractivity contribution in [1.82, 2.24) is 4.90 Å². The summed E-state index contributed by atoms with van der Waals surface area (Å²) in [5.74, 6) is -1.35. The molecule has 2 heterocycles. The molecule has 0 aromatic heterocycles. The van der Waals surface area contributed by atoms with Gasteiger partial charge in [0.25, 0.3) is 0 Å². The van der Waals surface area contributed by atoms with Crippen molar-refractivity contribution in [1.29, 1.82) is 0 Å². The molecule has 2 atom stereocenters. The number of ether oxygens (including phenoxy) is 1. The third-order valence-electron chi connectivity index (χ3n) is 4.48. The Bertz CT molecular complexity index is 794. The molecule has 1 amide bonds. The number of benzene rings is 1. The van der Waals surface area contributed by atoms with E-state index in [4.69, 9.17) is 9.84 Å². The zero-order valence-electron chi connectivity index (χ0n) is 13.8. The minimum absolute atomic E-state index is 0.0131. The quantitative estimate of drug-likeness (QED) is 0.813. The van der Waals surface area contributed by atoms with Gasteiger partial charge in [-0.25, -0.2) is 8.42 Å². The molecular weight excluding hydrogens is 348 g/mol. The van der Waals surface area contributed by atoms with E-state index in [9.17, 15) is 18.0 Å². The van der Waals surface area contributed by atoms with Gasteiger partial charge in [-0.3, -0.25) is 13.9 Å². The Labute approximate surface area is 146 Å². The van der Waals surface area contributed by atoms with Crippen LogP contribution in [0.3, 0.4) is 0 Å². The highest BCUT2D eigenvalue weighted by atomic mass is 32.2. The standard InChI is InChI=1S/C16H20N2O6S/c1-25(22,23)18-10-12(24-14-5-3-2-4-13(14)18)6-7-17-9-11(16(20)21)8-15(17)19/h2-5,11-12H,6-10H2,1H3,(H,20,21). The predicted molar refractivity (Wildman–Crippen MR) is 90.0 cm³/mol. The molecule has 1 N–H and O–H groups in total. The van der Waals surface area contributed by atoms with Crippen LogP contribution in [0.1, 0.15) is 12.8 Å². The largest absolute Gasteiger partial charge is 0.486 e. The number of carbonyl (C=O) groups excluding carboxylic acids is 1. The maximum Gasteiger partial charge on any atom is 0.308 e. The van der Waals surface area contributed by atoms with Crippen LogP contribution in [-0.4, -0.2) is 62.3 Å². The Morgan fingerprint density at radius 1 is 1.32 bits per heavy atom. The first-order valence-corrected chi connectivity index (χ1v) is 9.84. The summed E-state index contributed by atoms with van der Waals surface area (Å²) < 4.78 is 31.3. The van der Waals surface area contributed by atoms with Crippen LogP contribution < -0.4 is 9.04 Å². The molecule has 136 valence electrons. The molecule has 0 saturated carbocycles. The van der Waals surface area contributed by atoms with E-state index in [2.05, 4.69) is 0 Å². The molecule has 0 bridgehead atoms. The number of fused-ring (bicyclic) bond motifs is 1. The van der Waals surface area contributed by atoms with Crippen LogP contribution in [0, 0.1) is 5.92 Å². The van der Waals surface area contributed by atoms with E-state index in [0.29, 0.717) is 24.4 Å². The molecule has 2 unspecified atom stereocenters. The molecule has 1 aromatic rings. The molecule has 1 saturated heterocycles. The van der Waals surface area contributed by atoms with Gasteiger partial charge in [-0.15, -0.1) is 0 Å². The van der Waals surface area contributed by atoms with Gasteiger partial charge in [0.15, 0.2) is 0 Å². The van der Waals surface area contributed by atoms with Crippen molar-refractivity contribution < 1.29 is 27.9 Å². The Kier molecular flexibility index (Phi) is 4.59. The Morgan fingerprint density at radius 3 is 2.68 bits per heavy atom. The molecule has 1 fully saturated rings. The number of amides is 1. The van der Waals surface area contributed by atoms with Crippen molar-refractivity contribution >= 4 is 27.6 Å². The second-order valence-corrected chi connectivity index (χ2v) is 8.28. The third-order valence-corrected chi connectivity index (χ3v) is 5.63. The van der Waals surface area contributed by atoms with Gasteiger partial charge in [-0.05, 0) is 12.1 Å². The van der Waals surface area contributed by atoms with Crippen molar-refractivity contribution in [2.75, 3.05) is 30.2 Å². The number of nitrogens with zero attached hydrogens (tertiary/aromatic N) is 2. The van der Waals surface area contributed by atoms with E-state index >= 15 is 0 Å². The fourth-order valence-electron chi connectivity index (χ4n) is 3.18. The molecule has 3 rings (SSSR count). The number of anilines is 1. The molecule has 0 spiro atoms. The molecule has 2 aliphatic heterocycles. The summed E-state index contributed by atoms with van der Waals surface area (Å²) >= 11 is 0. The average molecular weight is 368 g/mol.